The van der Waals surface area contributed by atoms with Crippen molar-refractivity contribution >= 4 is 11.7 Å². The highest BCUT2D eigenvalue weighted by Gasteiger charge is 2.16. The van der Waals surface area contributed by atoms with E-state index in [4.69, 9.17) is 4.52 Å². The van der Waals surface area contributed by atoms with Crippen molar-refractivity contribution in [1.82, 2.24) is 19.8 Å². The lowest BCUT2D eigenvalue weighted by Gasteiger charge is -2.17. The second-order valence-electron chi connectivity index (χ2n) is 5.93. The molecule has 0 aliphatic rings. The van der Waals surface area contributed by atoms with E-state index in [0.717, 1.165) is 23.6 Å². The zero-order chi connectivity index (χ0) is 16.3. The summed E-state index contributed by atoms with van der Waals surface area (Å²) in [6.45, 7) is 9.23. The summed E-state index contributed by atoms with van der Waals surface area (Å²) in [5, 5.41) is 11.0. The van der Waals surface area contributed by atoms with Crippen molar-refractivity contribution in [3.8, 4) is 0 Å². The van der Waals surface area contributed by atoms with Gasteiger partial charge >= 0.3 is 6.03 Å². The Bertz CT molecular complexity index is 625. The Labute approximate surface area is 130 Å². The summed E-state index contributed by atoms with van der Waals surface area (Å²) in [5.41, 5.74) is 2.44. The number of urea groups is 1. The topological polar surface area (TPSA) is 76.2 Å². The first-order valence-electron chi connectivity index (χ1n) is 7.33. The molecule has 2 aromatic rings. The molecule has 0 spiro atoms. The number of aryl methyl sites for hydroxylation is 2. The van der Waals surface area contributed by atoms with Gasteiger partial charge in [-0.05, 0) is 19.8 Å². The Morgan fingerprint density at radius 1 is 1.45 bits per heavy atom. The van der Waals surface area contributed by atoms with E-state index in [1.807, 2.05) is 24.7 Å². The molecule has 0 aliphatic heterocycles. The molecule has 2 rings (SSSR count). The highest BCUT2D eigenvalue weighted by Crippen LogP contribution is 2.15. The van der Waals surface area contributed by atoms with Crippen molar-refractivity contribution in [2.45, 2.75) is 40.8 Å². The molecule has 22 heavy (non-hydrogen) atoms. The maximum absolute atomic E-state index is 12.2. The minimum atomic E-state index is -0.191. The Hall–Kier alpha value is -2.31. The van der Waals surface area contributed by atoms with Gasteiger partial charge in [0.15, 0.2) is 0 Å². The van der Waals surface area contributed by atoms with Crippen LogP contribution in [0.25, 0.3) is 0 Å². The van der Waals surface area contributed by atoms with Crippen molar-refractivity contribution < 1.29 is 9.32 Å². The van der Waals surface area contributed by atoms with Gasteiger partial charge in [-0.2, -0.15) is 5.10 Å². The number of amides is 2. The normalized spacial score (nSPS) is 11.0. The largest absolute Gasteiger partial charge is 0.361 e. The van der Waals surface area contributed by atoms with Gasteiger partial charge in [0.2, 0.25) is 0 Å². The fraction of sp³-hybridized carbons (Fsp3) is 0.533. The van der Waals surface area contributed by atoms with Crippen LogP contribution in [0.3, 0.4) is 0 Å². The van der Waals surface area contributed by atoms with E-state index in [0.29, 0.717) is 18.2 Å². The summed E-state index contributed by atoms with van der Waals surface area (Å²) in [5.74, 6) is 1.24. The van der Waals surface area contributed by atoms with Crippen molar-refractivity contribution in [3.05, 3.63) is 29.4 Å². The minimum absolute atomic E-state index is 0.191. The molecule has 120 valence electrons. The number of rotatable bonds is 5. The third kappa shape index (κ3) is 3.87. The molecule has 0 aliphatic carbocycles. The molecular formula is C15H23N5O2. The first-order chi connectivity index (χ1) is 10.4. The van der Waals surface area contributed by atoms with Gasteiger partial charge in [0.05, 0.1) is 24.1 Å². The summed E-state index contributed by atoms with van der Waals surface area (Å²) in [7, 11) is 1.74. The predicted octanol–water partition coefficient (Wildman–Crippen LogP) is 2.81. The summed E-state index contributed by atoms with van der Waals surface area (Å²) in [6, 6.07) is -0.191. The molecule has 2 heterocycles. The minimum Gasteiger partial charge on any atom is -0.361 e. The first-order valence-corrected chi connectivity index (χ1v) is 7.33. The van der Waals surface area contributed by atoms with Gasteiger partial charge in [-0.1, -0.05) is 19.0 Å². The summed E-state index contributed by atoms with van der Waals surface area (Å²) < 4.78 is 6.94. The van der Waals surface area contributed by atoms with Crippen molar-refractivity contribution in [1.29, 1.82) is 0 Å². The Morgan fingerprint density at radius 3 is 2.77 bits per heavy atom. The number of aromatic nitrogens is 3. The van der Waals surface area contributed by atoms with E-state index in [-0.39, 0.29) is 6.03 Å². The number of carbonyl (C=O) groups is 1. The molecule has 0 unspecified atom stereocenters. The lowest BCUT2D eigenvalue weighted by Crippen LogP contribution is -2.31. The third-order valence-corrected chi connectivity index (χ3v) is 3.36. The van der Waals surface area contributed by atoms with Crippen molar-refractivity contribution in [2.75, 3.05) is 12.4 Å². The van der Waals surface area contributed by atoms with Crippen LogP contribution >= 0.6 is 0 Å². The second-order valence-corrected chi connectivity index (χ2v) is 5.93. The number of anilines is 1. The van der Waals surface area contributed by atoms with E-state index < -0.39 is 0 Å². The van der Waals surface area contributed by atoms with Gasteiger partial charge in [-0.25, -0.2) is 4.79 Å². The SMILES string of the molecule is Cc1noc(C)c1CN(C)C(=O)Nc1cnn(CC(C)C)c1. The van der Waals surface area contributed by atoms with E-state index >= 15 is 0 Å². The van der Waals surface area contributed by atoms with E-state index in [1.54, 1.807) is 18.1 Å². The Kier molecular flexibility index (Phi) is 4.85. The molecule has 0 aromatic carbocycles. The number of hydrogen-bond acceptors (Lipinski definition) is 4. The van der Waals surface area contributed by atoms with Crippen LogP contribution in [0.4, 0.5) is 10.5 Å². The highest BCUT2D eigenvalue weighted by atomic mass is 16.5. The lowest BCUT2D eigenvalue weighted by atomic mass is 10.2. The average molecular weight is 305 g/mol. The van der Waals surface area contributed by atoms with E-state index in [9.17, 15) is 4.79 Å². The molecule has 0 saturated carbocycles. The molecule has 0 radical (unpaired) electrons. The molecule has 0 atom stereocenters. The first kappa shape index (κ1) is 16.1. The molecule has 2 amide bonds. The zero-order valence-electron chi connectivity index (χ0n) is 13.8. The van der Waals surface area contributed by atoms with Crippen LogP contribution in [0.15, 0.2) is 16.9 Å². The van der Waals surface area contributed by atoms with Gasteiger partial charge in [-0.3, -0.25) is 4.68 Å². The number of hydrogen-bond donors (Lipinski definition) is 1. The van der Waals surface area contributed by atoms with Gasteiger partial charge in [0.25, 0.3) is 0 Å². The van der Waals surface area contributed by atoms with E-state index in [1.165, 1.54) is 0 Å². The maximum Gasteiger partial charge on any atom is 0.321 e. The zero-order valence-corrected chi connectivity index (χ0v) is 13.8. The molecule has 0 bridgehead atoms. The molecule has 7 nitrogen and oxygen atoms in total. The fourth-order valence-corrected chi connectivity index (χ4v) is 2.16. The molecule has 0 fully saturated rings. The Morgan fingerprint density at radius 2 is 2.18 bits per heavy atom. The average Bonchev–Trinajstić information content (AvgIpc) is 2.99. The van der Waals surface area contributed by atoms with Crippen LogP contribution in [0, 0.1) is 19.8 Å². The number of nitrogens with one attached hydrogen (secondary N) is 1. The van der Waals surface area contributed by atoms with Gasteiger partial charge in [-0.15, -0.1) is 0 Å². The lowest BCUT2D eigenvalue weighted by molar-refractivity contribution is 0.220. The van der Waals surface area contributed by atoms with Crippen LogP contribution in [0.2, 0.25) is 0 Å². The number of nitrogens with zero attached hydrogens (tertiary/aromatic N) is 4. The monoisotopic (exact) mass is 305 g/mol. The van der Waals surface area contributed by atoms with Gasteiger partial charge in [0.1, 0.15) is 5.76 Å². The third-order valence-electron chi connectivity index (χ3n) is 3.36. The van der Waals surface area contributed by atoms with Crippen LogP contribution in [0.1, 0.15) is 30.9 Å². The van der Waals surface area contributed by atoms with Crippen LogP contribution in [-0.2, 0) is 13.1 Å². The molecular weight excluding hydrogens is 282 g/mol. The summed E-state index contributed by atoms with van der Waals surface area (Å²) >= 11 is 0. The van der Waals surface area contributed by atoms with Gasteiger partial charge < -0.3 is 14.7 Å². The smallest absolute Gasteiger partial charge is 0.321 e. The fourth-order valence-electron chi connectivity index (χ4n) is 2.16. The number of carbonyl (C=O) groups excluding carboxylic acids is 1. The van der Waals surface area contributed by atoms with Gasteiger partial charge in [0, 0.05) is 25.4 Å². The summed E-state index contributed by atoms with van der Waals surface area (Å²) in [6.07, 6.45) is 3.49. The molecule has 1 N–H and O–H groups in total. The van der Waals surface area contributed by atoms with Crippen molar-refractivity contribution in [2.24, 2.45) is 5.92 Å². The van der Waals surface area contributed by atoms with Crippen LogP contribution < -0.4 is 5.32 Å². The summed E-state index contributed by atoms with van der Waals surface area (Å²) in [4.78, 5) is 13.8. The molecule has 0 saturated heterocycles. The standard InChI is InChI=1S/C15H23N5O2/c1-10(2)7-20-8-13(6-16-20)17-15(21)19(5)9-14-11(3)18-22-12(14)4/h6,8,10H,7,9H2,1-5H3,(H,17,21). The second kappa shape index (κ2) is 6.64. The Balaban J connectivity index is 1.95. The van der Waals surface area contributed by atoms with Crippen LogP contribution in [0.5, 0.6) is 0 Å². The molecule has 7 heteroatoms. The quantitative estimate of drug-likeness (QED) is 0.921. The maximum atomic E-state index is 12.2. The predicted molar refractivity (Wildman–Crippen MR) is 83.5 cm³/mol. The molecule has 2 aromatic heterocycles. The van der Waals surface area contributed by atoms with Crippen LogP contribution in [-0.4, -0.2) is 32.9 Å². The highest BCUT2D eigenvalue weighted by molar-refractivity contribution is 5.88. The van der Waals surface area contributed by atoms with Crippen molar-refractivity contribution in [3.63, 3.8) is 0 Å². The van der Waals surface area contributed by atoms with E-state index in [2.05, 4.69) is 29.4 Å².